The number of aromatic nitrogens is 2. The summed E-state index contributed by atoms with van der Waals surface area (Å²) in [6.07, 6.45) is 1.44. The van der Waals surface area contributed by atoms with Crippen molar-refractivity contribution < 1.29 is 23.5 Å². The average Bonchev–Trinajstić information content (AvgIpc) is 3.28. The number of likely N-dealkylation sites (N-methyl/N-ethyl adjacent to an activating group) is 1. The number of hydrogen-bond donors (Lipinski definition) is 2. The topological polar surface area (TPSA) is 123 Å². The van der Waals surface area contributed by atoms with Crippen LogP contribution in [0.4, 0.5) is 0 Å². The first kappa shape index (κ1) is 24.7. The molecule has 1 aromatic rings. The fourth-order valence-electron chi connectivity index (χ4n) is 3.74. The van der Waals surface area contributed by atoms with Gasteiger partial charge in [-0.2, -0.15) is 0 Å². The SMILES string of the molecule is CN1CC(C2SCCCS2)OP1(=O)OC[C@H]1O[C@@H](n2cc(/C=C/Br)c(=O)[nH]c2=O)C[C@@H]1O. The van der Waals surface area contributed by atoms with Crippen molar-refractivity contribution in [3.63, 3.8) is 0 Å². The Labute approximate surface area is 201 Å². The van der Waals surface area contributed by atoms with Crippen LogP contribution < -0.4 is 11.2 Å². The quantitative estimate of drug-likeness (QED) is 0.493. The number of aromatic amines is 1. The van der Waals surface area contributed by atoms with E-state index < -0.39 is 37.4 Å². The molecule has 1 aromatic heterocycles. The maximum atomic E-state index is 13.2. The number of ether oxygens (including phenoxy) is 1. The molecule has 14 heteroatoms. The fourth-order valence-corrected chi connectivity index (χ4v) is 8.78. The first-order chi connectivity index (χ1) is 15.3. The van der Waals surface area contributed by atoms with E-state index >= 15 is 0 Å². The zero-order valence-electron chi connectivity index (χ0n) is 17.3. The van der Waals surface area contributed by atoms with Crippen LogP contribution in [0.5, 0.6) is 0 Å². The number of H-pyrrole nitrogens is 1. The minimum Gasteiger partial charge on any atom is -0.390 e. The molecule has 2 unspecified atom stereocenters. The highest BCUT2D eigenvalue weighted by atomic mass is 79.9. The molecule has 3 saturated heterocycles. The molecule has 5 atom stereocenters. The minimum absolute atomic E-state index is 0.121. The predicted molar refractivity (Wildman–Crippen MR) is 128 cm³/mol. The zero-order chi connectivity index (χ0) is 22.9. The summed E-state index contributed by atoms with van der Waals surface area (Å²) in [5.74, 6) is 2.13. The number of halogens is 1. The largest absolute Gasteiger partial charge is 0.408 e. The van der Waals surface area contributed by atoms with Crippen molar-refractivity contribution in [2.24, 2.45) is 0 Å². The third-order valence-corrected chi connectivity index (χ3v) is 10.8. The Kier molecular flexibility index (Phi) is 8.11. The molecule has 0 aliphatic carbocycles. The third-order valence-electron chi connectivity index (χ3n) is 5.44. The summed E-state index contributed by atoms with van der Waals surface area (Å²) < 4.78 is 33.6. The Morgan fingerprint density at radius 1 is 1.41 bits per heavy atom. The van der Waals surface area contributed by atoms with E-state index in [4.69, 9.17) is 13.8 Å². The fraction of sp³-hybridized carbons (Fsp3) is 0.667. The highest BCUT2D eigenvalue weighted by Crippen LogP contribution is 2.59. The predicted octanol–water partition coefficient (Wildman–Crippen LogP) is 2.20. The second kappa shape index (κ2) is 10.5. The van der Waals surface area contributed by atoms with Crippen molar-refractivity contribution >= 4 is 53.3 Å². The lowest BCUT2D eigenvalue weighted by atomic mass is 10.2. The number of hydrogen-bond acceptors (Lipinski definition) is 9. The lowest BCUT2D eigenvalue weighted by Gasteiger charge is -2.25. The number of nitrogens with zero attached hydrogens (tertiary/aromatic N) is 2. The van der Waals surface area contributed by atoms with Crippen molar-refractivity contribution in [3.8, 4) is 0 Å². The molecule has 0 aromatic carbocycles. The molecule has 0 spiro atoms. The molecule has 4 heterocycles. The van der Waals surface area contributed by atoms with E-state index in [0.717, 1.165) is 17.9 Å². The second-order valence-electron chi connectivity index (χ2n) is 7.69. The van der Waals surface area contributed by atoms with Crippen molar-refractivity contribution in [2.45, 2.75) is 42.0 Å². The van der Waals surface area contributed by atoms with Crippen LogP contribution in [0.3, 0.4) is 0 Å². The smallest absolute Gasteiger partial charge is 0.390 e. The van der Waals surface area contributed by atoms with Gasteiger partial charge in [-0.3, -0.25) is 23.4 Å². The summed E-state index contributed by atoms with van der Waals surface area (Å²) in [5.41, 5.74) is -0.907. The van der Waals surface area contributed by atoms with Crippen LogP contribution in [0.1, 0.15) is 24.6 Å². The molecule has 178 valence electrons. The Morgan fingerprint density at radius 3 is 2.88 bits per heavy atom. The molecule has 4 rings (SSSR count). The van der Waals surface area contributed by atoms with Crippen LogP contribution in [0, 0.1) is 0 Å². The molecule has 0 amide bonds. The maximum Gasteiger partial charge on any atom is 0.408 e. The Bertz CT molecular complexity index is 1020. The Balaban J connectivity index is 1.40. The van der Waals surface area contributed by atoms with Gasteiger partial charge in [0, 0.05) is 19.2 Å². The van der Waals surface area contributed by atoms with Gasteiger partial charge in [0.15, 0.2) is 0 Å². The molecule has 32 heavy (non-hydrogen) atoms. The molecule has 2 N–H and O–H groups in total. The third kappa shape index (κ3) is 5.31. The van der Waals surface area contributed by atoms with Crippen LogP contribution >= 0.6 is 47.2 Å². The summed E-state index contributed by atoms with van der Waals surface area (Å²) in [6.45, 7) is 0.360. The number of rotatable bonds is 6. The van der Waals surface area contributed by atoms with Gasteiger partial charge in [0.25, 0.3) is 5.56 Å². The number of aliphatic hydroxyl groups is 1. The number of nitrogens with one attached hydrogen (secondary N) is 1. The first-order valence-electron chi connectivity index (χ1n) is 10.1. The highest BCUT2D eigenvalue weighted by Gasteiger charge is 2.47. The van der Waals surface area contributed by atoms with Crippen LogP contribution in [0.25, 0.3) is 6.08 Å². The maximum absolute atomic E-state index is 13.2. The molecule has 3 aliphatic heterocycles. The Morgan fingerprint density at radius 2 is 2.16 bits per heavy atom. The van der Waals surface area contributed by atoms with Gasteiger partial charge in [0.2, 0.25) is 0 Å². The standard InChI is InChI=1S/C18H25BrN3O7PS2/c1-21-9-13(17-31-5-2-6-32-17)29-30(21,26)27-10-14-12(23)7-15(28-14)22-8-11(3-4-19)16(24)20-18(22)25/h3-4,8,12-15,17,23H,2,5-7,9-10H2,1H3,(H,20,24,25)/b4-3+/t12-,13?,14+,15+,30?/m0/s1. The van der Waals surface area contributed by atoms with Crippen LogP contribution in [0.2, 0.25) is 0 Å². The summed E-state index contributed by atoms with van der Waals surface area (Å²) in [7, 11) is -1.80. The minimum atomic E-state index is -3.50. The monoisotopic (exact) mass is 569 g/mol. The average molecular weight is 570 g/mol. The second-order valence-corrected chi connectivity index (χ2v) is 13.1. The molecular formula is C18H25BrN3O7PS2. The summed E-state index contributed by atoms with van der Waals surface area (Å²) in [5, 5.41) is 10.5. The number of aliphatic hydroxyl groups excluding tert-OH is 1. The van der Waals surface area contributed by atoms with Crippen molar-refractivity contribution in [3.05, 3.63) is 37.6 Å². The van der Waals surface area contributed by atoms with E-state index in [1.54, 1.807) is 11.7 Å². The van der Waals surface area contributed by atoms with Crippen molar-refractivity contribution in [1.29, 1.82) is 0 Å². The summed E-state index contributed by atoms with van der Waals surface area (Å²) in [6, 6.07) is 0. The van der Waals surface area contributed by atoms with Crippen LogP contribution in [0.15, 0.2) is 20.8 Å². The molecule has 0 saturated carbocycles. The van der Waals surface area contributed by atoms with Gasteiger partial charge in [-0.05, 0) is 36.0 Å². The molecule has 3 aliphatic rings. The summed E-state index contributed by atoms with van der Waals surface area (Å²) in [4.78, 5) is 27.9. The first-order valence-corrected chi connectivity index (χ1v) is 14.6. The summed E-state index contributed by atoms with van der Waals surface area (Å²) >= 11 is 6.74. The molecule has 3 fully saturated rings. The Hall–Kier alpha value is -0.370. The van der Waals surface area contributed by atoms with Crippen LogP contribution in [-0.4, -0.2) is 73.9 Å². The van der Waals surface area contributed by atoms with Gasteiger partial charge in [-0.25, -0.2) is 14.0 Å². The lowest BCUT2D eigenvalue weighted by Crippen LogP contribution is -2.33. The molecule has 0 bridgehead atoms. The number of thioether (sulfide) groups is 2. The van der Waals surface area contributed by atoms with E-state index in [2.05, 4.69) is 20.9 Å². The van der Waals surface area contributed by atoms with Gasteiger partial charge < -0.3 is 9.84 Å². The van der Waals surface area contributed by atoms with E-state index in [1.165, 1.54) is 21.8 Å². The van der Waals surface area contributed by atoms with Gasteiger partial charge in [0.1, 0.15) is 18.4 Å². The van der Waals surface area contributed by atoms with Gasteiger partial charge in [-0.1, -0.05) is 15.9 Å². The normalized spacial score (nSPS) is 34.6. The molecular weight excluding hydrogens is 545 g/mol. The van der Waals surface area contributed by atoms with Crippen LogP contribution in [-0.2, 0) is 18.3 Å². The van der Waals surface area contributed by atoms with Gasteiger partial charge in [-0.15, -0.1) is 23.5 Å². The van der Waals surface area contributed by atoms with Crippen molar-refractivity contribution in [2.75, 3.05) is 31.7 Å². The molecule has 0 radical (unpaired) electrons. The lowest BCUT2D eigenvalue weighted by molar-refractivity contribution is -0.0441. The van der Waals surface area contributed by atoms with Gasteiger partial charge in [0.05, 0.1) is 22.9 Å². The van der Waals surface area contributed by atoms with Crippen molar-refractivity contribution in [1.82, 2.24) is 14.2 Å². The van der Waals surface area contributed by atoms with E-state index in [1.807, 2.05) is 23.5 Å². The van der Waals surface area contributed by atoms with Gasteiger partial charge >= 0.3 is 13.4 Å². The van der Waals surface area contributed by atoms with E-state index in [9.17, 15) is 19.3 Å². The molecule has 10 nitrogen and oxygen atoms in total. The highest BCUT2D eigenvalue weighted by molar-refractivity contribution is 9.11. The zero-order valence-corrected chi connectivity index (χ0v) is 21.4. The van der Waals surface area contributed by atoms with E-state index in [0.29, 0.717) is 6.54 Å². The van der Waals surface area contributed by atoms with E-state index in [-0.39, 0.29) is 29.3 Å².